The van der Waals surface area contributed by atoms with Crippen molar-refractivity contribution >= 4 is 17.4 Å². The van der Waals surface area contributed by atoms with Gasteiger partial charge < -0.3 is 0 Å². The van der Waals surface area contributed by atoms with Gasteiger partial charge in [-0.1, -0.05) is 20.8 Å². The molecule has 4 unspecified atom stereocenters. The van der Waals surface area contributed by atoms with Crippen molar-refractivity contribution < 1.29 is 4.79 Å². The van der Waals surface area contributed by atoms with Crippen molar-refractivity contribution in [1.82, 2.24) is 0 Å². The van der Waals surface area contributed by atoms with Crippen LogP contribution >= 0.6 is 11.6 Å². The summed E-state index contributed by atoms with van der Waals surface area (Å²) < 4.78 is 0. The van der Waals surface area contributed by atoms with Gasteiger partial charge in [-0.25, -0.2) is 0 Å². The number of halogens is 1. The lowest BCUT2D eigenvalue weighted by atomic mass is 9.43. The number of hydrogen-bond donors (Lipinski definition) is 0. The van der Waals surface area contributed by atoms with Gasteiger partial charge in [0.1, 0.15) is 0 Å². The van der Waals surface area contributed by atoms with Gasteiger partial charge in [0.2, 0.25) is 0 Å². The molecule has 0 saturated heterocycles. The van der Waals surface area contributed by atoms with E-state index in [2.05, 4.69) is 20.8 Å². The molecule has 2 heteroatoms. The minimum atomic E-state index is 0.203. The summed E-state index contributed by atoms with van der Waals surface area (Å²) in [6.07, 6.45) is 2.41. The number of rotatable bonds is 2. The molecule has 0 N–H and O–H groups in total. The average Bonchev–Trinajstić information content (AvgIpc) is 2.16. The molecule has 0 spiro atoms. The highest BCUT2D eigenvalue weighted by Crippen LogP contribution is 2.62. The zero-order valence-corrected chi connectivity index (χ0v) is 9.97. The second kappa shape index (κ2) is 3.23. The summed E-state index contributed by atoms with van der Waals surface area (Å²) in [5, 5.41) is 0. The molecule has 0 aromatic heterocycles. The van der Waals surface area contributed by atoms with Gasteiger partial charge in [0, 0.05) is 5.92 Å². The summed E-state index contributed by atoms with van der Waals surface area (Å²) >= 11 is 5.63. The Kier molecular flexibility index (Phi) is 2.42. The molecule has 4 atom stereocenters. The third-order valence-electron chi connectivity index (χ3n) is 4.90. The van der Waals surface area contributed by atoms with Gasteiger partial charge in [0.05, 0.1) is 5.88 Å². The van der Waals surface area contributed by atoms with E-state index in [0.717, 1.165) is 18.3 Å². The second-order valence-electron chi connectivity index (χ2n) is 5.66. The molecule has 0 aliphatic heterocycles. The fraction of sp³-hybridized carbons (Fsp3) is 0.917. The highest BCUT2D eigenvalue weighted by Gasteiger charge is 2.57. The van der Waals surface area contributed by atoms with Crippen LogP contribution < -0.4 is 0 Å². The number of alkyl halides is 1. The van der Waals surface area contributed by atoms with Gasteiger partial charge in [-0.05, 0) is 36.0 Å². The second-order valence-corrected chi connectivity index (χ2v) is 5.93. The van der Waals surface area contributed by atoms with E-state index in [1.807, 2.05) is 0 Å². The number of carbonyl (C=O) groups is 1. The minimum Gasteiger partial charge on any atom is -0.298 e. The molecule has 3 fully saturated rings. The number of ketones is 1. The van der Waals surface area contributed by atoms with Gasteiger partial charge in [-0.15, -0.1) is 11.6 Å². The topological polar surface area (TPSA) is 17.1 Å². The van der Waals surface area contributed by atoms with E-state index in [1.54, 1.807) is 0 Å². The van der Waals surface area contributed by atoms with Crippen molar-refractivity contribution in [3.05, 3.63) is 0 Å². The first-order valence-electron chi connectivity index (χ1n) is 5.57. The number of hydrogen-bond acceptors (Lipinski definition) is 1. The first kappa shape index (κ1) is 10.5. The van der Waals surface area contributed by atoms with Gasteiger partial charge in [-0.3, -0.25) is 4.79 Å². The van der Waals surface area contributed by atoms with Gasteiger partial charge in [0.15, 0.2) is 5.78 Å². The SMILES string of the molecule is CC1C(C(=O)CCl)CC2CC1C2(C)C. The van der Waals surface area contributed by atoms with E-state index in [1.165, 1.54) is 6.42 Å². The highest BCUT2D eigenvalue weighted by atomic mass is 35.5. The van der Waals surface area contributed by atoms with Crippen LogP contribution in [-0.4, -0.2) is 11.7 Å². The number of carbonyl (C=O) groups excluding carboxylic acids is 1. The zero-order valence-electron chi connectivity index (χ0n) is 9.22. The molecule has 2 bridgehead atoms. The third kappa shape index (κ3) is 1.25. The molecule has 3 rings (SSSR count). The lowest BCUT2D eigenvalue weighted by molar-refractivity contribution is -0.150. The molecule has 0 aromatic carbocycles. The van der Waals surface area contributed by atoms with Crippen molar-refractivity contribution in [2.45, 2.75) is 33.6 Å². The van der Waals surface area contributed by atoms with E-state index < -0.39 is 0 Å². The van der Waals surface area contributed by atoms with Crippen LogP contribution in [0.3, 0.4) is 0 Å². The summed E-state index contributed by atoms with van der Waals surface area (Å²) in [6, 6.07) is 0. The predicted molar refractivity (Wildman–Crippen MR) is 58.4 cm³/mol. The summed E-state index contributed by atoms with van der Waals surface area (Å²) in [5.41, 5.74) is 0.475. The van der Waals surface area contributed by atoms with Crippen molar-refractivity contribution in [2.75, 3.05) is 5.88 Å². The maximum atomic E-state index is 11.6. The maximum Gasteiger partial charge on any atom is 0.150 e. The number of fused-ring (bicyclic) bond motifs is 2. The third-order valence-corrected chi connectivity index (χ3v) is 5.16. The van der Waals surface area contributed by atoms with Crippen LogP contribution in [-0.2, 0) is 4.79 Å². The van der Waals surface area contributed by atoms with E-state index in [4.69, 9.17) is 11.6 Å². The molecule has 1 nitrogen and oxygen atoms in total. The Labute approximate surface area is 91.2 Å². The van der Waals surface area contributed by atoms with Crippen molar-refractivity contribution in [1.29, 1.82) is 0 Å². The summed E-state index contributed by atoms with van der Waals surface area (Å²) in [4.78, 5) is 11.6. The van der Waals surface area contributed by atoms with E-state index in [0.29, 0.717) is 11.3 Å². The Morgan fingerprint density at radius 1 is 1.43 bits per heavy atom. The fourth-order valence-electron chi connectivity index (χ4n) is 3.67. The van der Waals surface area contributed by atoms with Gasteiger partial charge >= 0.3 is 0 Å². The smallest absolute Gasteiger partial charge is 0.150 e. The molecule has 3 saturated carbocycles. The maximum absolute atomic E-state index is 11.6. The van der Waals surface area contributed by atoms with Gasteiger partial charge in [0.25, 0.3) is 0 Å². The molecular weight excluding hydrogens is 196 g/mol. The normalized spacial score (nSPS) is 44.3. The molecule has 0 amide bonds. The van der Waals surface area contributed by atoms with Crippen LogP contribution in [0.15, 0.2) is 0 Å². The molecule has 80 valence electrons. The van der Waals surface area contributed by atoms with E-state index >= 15 is 0 Å². The Morgan fingerprint density at radius 2 is 2.07 bits per heavy atom. The van der Waals surface area contributed by atoms with Crippen LogP contribution in [0.25, 0.3) is 0 Å². The Hall–Kier alpha value is -0.0400. The van der Waals surface area contributed by atoms with Crippen molar-refractivity contribution in [3.63, 3.8) is 0 Å². The molecular formula is C12H19ClO. The van der Waals surface area contributed by atoms with E-state index in [-0.39, 0.29) is 17.6 Å². The molecule has 3 aliphatic rings. The standard InChI is InChI=1S/C12H19ClO/c1-7-9(11(14)6-13)4-8-5-10(7)12(8,2)3/h7-10H,4-6H2,1-3H3. The quantitative estimate of drug-likeness (QED) is 0.646. The molecule has 0 radical (unpaired) electrons. The first-order valence-corrected chi connectivity index (χ1v) is 6.10. The average molecular weight is 215 g/mol. The molecule has 3 aliphatic carbocycles. The molecule has 14 heavy (non-hydrogen) atoms. The van der Waals surface area contributed by atoms with Crippen LogP contribution in [0.2, 0.25) is 0 Å². The van der Waals surface area contributed by atoms with Crippen LogP contribution in [0.5, 0.6) is 0 Å². The van der Waals surface area contributed by atoms with Crippen molar-refractivity contribution in [2.24, 2.45) is 29.1 Å². The number of Topliss-reactive ketones (excluding diaryl/α,β-unsaturated/α-hetero) is 1. The summed E-state index contributed by atoms with van der Waals surface area (Å²) in [6.45, 7) is 6.93. The predicted octanol–water partition coefficient (Wildman–Crippen LogP) is 3.11. The van der Waals surface area contributed by atoms with E-state index in [9.17, 15) is 4.79 Å². The Bertz CT molecular complexity index is 259. The highest BCUT2D eigenvalue weighted by molar-refractivity contribution is 6.27. The van der Waals surface area contributed by atoms with Crippen LogP contribution in [0.4, 0.5) is 0 Å². The Balaban J connectivity index is 2.12. The fourth-order valence-corrected chi connectivity index (χ4v) is 3.87. The van der Waals surface area contributed by atoms with Gasteiger partial charge in [-0.2, -0.15) is 0 Å². The first-order chi connectivity index (χ1) is 6.48. The summed E-state index contributed by atoms with van der Waals surface area (Å²) in [7, 11) is 0. The minimum absolute atomic E-state index is 0.203. The molecule has 0 aromatic rings. The largest absolute Gasteiger partial charge is 0.298 e. The monoisotopic (exact) mass is 214 g/mol. The van der Waals surface area contributed by atoms with Crippen molar-refractivity contribution in [3.8, 4) is 0 Å². The zero-order chi connectivity index (χ0) is 10.5. The lowest BCUT2D eigenvalue weighted by Gasteiger charge is -2.61. The van der Waals surface area contributed by atoms with Crippen LogP contribution in [0, 0.1) is 29.1 Å². The summed E-state index contributed by atoms with van der Waals surface area (Å²) in [5.74, 6) is 2.78. The molecule has 0 heterocycles. The van der Waals surface area contributed by atoms with Crippen LogP contribution in [0.1, 0.15) is 33.6 Å². The lowest BCUT2D eigenvalue weighted by Crippen LogP contribution is -2.56. The Morgan fingerprint density at radius 3 is 2.50 bits per heavy atom.